The van der Waals surface area contributed by atoms with Crippen LogP contribution in [0, 0.1) is 11.6 Å². The van der Waals surface area contributed by atoms with Crippen LogP contribution in [0.2, 0.25) is 5.02 Å². The highest BCUT2D eigenvalue weighted by atomic mass is 35.5. The lowest BCUT2D eigenvalue weighted by Gasteiger charge is -2.28. The molecule has 2 aromatic carbocycles. The van der Waals surface area contributed by atoms with Gasteiger partial charge in [-0.3, -0.25) is 23.7 Å². The Morgan fingerprint density at radius 2 is 1.82 bits per heavy atom. The van der Waals surface area contributed by atoms with Gasteiger partial charge in [0.25, 0.3) is 0 Å². The molecule has 1 heterocycles. The zero-order valence-corrected chi connectivity index (χ0v) is 26.3. The molecular formula is C28H33ClF2N5O8P. The van der Waals surface area contributed by atoms with Gasteiger partial charge in [0, 0.05) is 45.9 Å². The zero-order chi connectivity index (χ0) is 33.0. The first-order chi connectivity index (χ1) is 21.4. The van der Waals surface area contributed by atoms with E-state index in [0.717, 1.165) is 14.2 Å². The number of urea groups is 1. The van der Waals surface area contributed by atoms with E-state index in [9.17, 15) is 27.7 Å². The van der Waals surface area contributed by atoms with Gasteiger partial charge in [-0.25, -0.2) is 27.9 Å². The number of likely N-dealkylation sites (N-methyl/N-ethyl adjacent to an activating group) is 1. The van der Waals surface area contributed by atoms with Gasteiger partial charge >= 0.3 is 19.9 Å². The van der Waals surface area contributed by atoms with Crippen molar-refractivity contribution in [3.63, 3.8) is 0 Å². The van der Waals surface area contributed by atoms with E-state index >= 15 is 0 Å². The molecule has 0 aliphatic heterocycles. The average molecular weight is 672 g/mol. The molecule has 0 bridgehead atoms. The maximum atomic E-state index is 13.8. The molecule has 244 valence electrons. The molecule has 1 aromatic heterocycles. The van der Waals surface area contributed by atoms with Crippen molar-refractivity contribution in [1.29, 1.82) is 0 Å². The lowest BCUT2D eigenvalue weighted by Crippen LogP contribution is -2.46. The Kier molecular flexibility index (Phi) is 13.4. The fraction of sp³-hybridized carbons (Fsp3) is 0.357. The molecule has 3 aromatic rings. The van der Waals surface area contributed by atoms with Gasteiger partial charge in [-0.05, 0) is 54.1 Å². The van der Waals surface area contributed by atoms with Gasteiger partial charge in [0.1, 0.15) is 30.7 Å². The highest BCUT2D eigenvalue weighted by molar-refractivity contribution is 7.48. The largest absolute Gasteiger partial charge is 0.474 e. The van der Waals surface area contributed by atoms with E-state index in [0.29, 0.717) is 22.8 Å². The minimum atomic E-state index is -3.82. The second-order valence-corrected chi connectivity index (χ2v) is 11.8. The molecule has 0 fully saturated rings. The lowest BCUT2D eigenvalue weighted by molar-refractivity contribution is -0.123. The van der Waals surface area contributed by atoms with Crippen molar-refractivity contribution in [2.24, 2.45) is 0 Å². The summed E-state index contributed by atoms with van der Waals surface area (Å²) >= 11 is 5.98. The number of halogens is 3. The van der Waals surface area contributed by atoms with Crippen molar-refractivity contribution >= 4 is 54.0 Å². The molecule has 0 radical (unpaired) electrons. The molecule has 0 saturated heterocycles. The topological polar surface area (TPSA) is 157 Å². The third-order valence-corrected chi connectivity index (χ3v) is 8.25. The van der Waals surface area contributed by atoms with Gasteiger partial charge in [0.2, 0.25) is 5.91 Å². The average Bonchev–Trinajstić information content (AvgIpc) is 3.03. The molecule has 45 heavy (non-hydrogen) atoms. The van der Waals surface area contributed by atoms with Gasteiger partial charge in [-0.1, -0.05) is 23.7 Å². The summed E-state index contributed by atoms with van der Waals surface area (Å²) in [5, 5.41) is 8.78. The first kappa shape index (κ1) is 35.6. The predicted octanol–water partition coefficient (Wildman–Crippen LogP) is 5.24. The molecule has 0 aliphatic rings. The fourth-order valence-corrected chi connectivity index (χ4v) is 4.79. The zero-order valence-electron chi connectivity index (χ0n) is 24.7. The van der Waals surface area contributed by atoms with Crippen molar-refractivity contribution in [1.82, 2.24) is 20.5 Å². The van der Waals surface area contributed by atoms with Crippen LogP contribution in [0.1, 0.15) is 18.4 Å². The number of phosphoric ester groups is 1. The summed E-state index contributed by atoms with van der Waals surface area (Å²) < 4.78 is 58.8. The van der Waals surface area contributed by atoms with Crippen molar-refractivity contribution in [3.8, 4) is 0 Å². The van der Waals surface area contributed by atoms with Crippen LogP contribution in [0.15, 0.2) is 48.7 Å². The van der Waals surface area contributed by atoms with Gasteiger partial charge in [0.15, 0.2) is 0 Å². The van der Waals surface area contributed by atoms with Crippen LogP contribution >= 0.6 is 19.4 Å². The first-order valence-electron chi connectivity index (χ1n) is 13.5. The Bertz CT molecular complexity index is 1540. The molecule has 17 heteroatoms. The summed E-state index contributed by atoms with van der Waals surface area (Å²) in [6, 6.07) is 8.63. The Balaban J connectivity index is 1.59. The number of hydrogen-bond donors (Lipinski definition) is 3. The van der Waals surface area contributed by atoms with Gasteiger partial charge < -0.3 is 20.3 Å². The van der Waals surface area contributed by atoms with Crippen molar-refractivity contribution in [2.75, 3.05) is 46.3 Å². The number of phosphoric acid groups is 1. The number of rotatable bonds is 15. The molecule has 1 atom stereocenters. The van der Waals surface area contributed by atoms with Crippen LogP contribution in [0.25, 0.3) is 10.8 Å². The van der Waals surface area contributed by atoms with Crippen LogP contribution in [0.5, 0.6) is 0 Å². The Morgan fingerprint density at radius 3 is 2.56 bits per heavy atom. The SMILES string of the molecule is COP(=O)(OC)OCC(=O)NCCC[C@@H](COC(=O)Nc1cc2cc(F)ccc2cn1)N(C)C(=O)NCc1cccc(F)c1Cl. The number of amides is 4. The number of nitrogens with zero attached hydrogens (tertiary/aromatic N) is 2. The van der Waals surface area contributed by atoms with E-state index in [1.54, 1.807) is 12.1 Å². The number of aromatic nitrogens is 1. The smallest absolute Gasteiger partial charge is 0.447 e. The summed E-state index contributed by atoms with van der Waals surface area (Å²) in [5.74, 6) is -1.53. The number of carbonyl (C=O) groups excluding carboxylic acids is 3. The lowest BCUT2D eigenvalue weighted by atomic mass is 10.1. The van der Waals surface area contributed by atoms with E-state index in [-0.39, 0.29) is 37.0 Å². The molecule has 0 spiro atoms. The number of benzene rings is 2. The van der Waals surface area contributed by atoms with Crippen LogP contribution in [0.3, 0.4) is 0 Å². The number of carbonyl (C=O) groups is 3. The van der Waals surface area contributed by atoms with Crippen molar-refractivity contribution in [3.05, 3.63) is 70.9 Å². The number of nitrogens with one attached hydrogen (secondary N) is 3. The van der Waals surface area contributed by atoms with E-state index < -0.39 is 50.1 Å². The molecule has 13 nitrogen and oxygen atoms in total. The highest BCUT2D eigenvalue weighted by Crippen LogP contribution is 2.47. The second-order valence-electron chi connectivity index (χ2n) is 9.50. The Hall–Kier alpha value is -3.88. The summed E-state index contributed by atoms with van der Waals surface area (Å²) in [5.41, 5.74) is 0.366. The Labute approximate surface area is 263 Å². The van der Waals surface area contributed by atoms with E-state index in [1.807, 2.05) is 0 Å². The van der Waals surface area contributed by atoms with Crippen LogP contribution in [0.4, 0.5) is 24.2 Å². The number of anilines is 1. The fourth-order valence-electron chi connectivity index (χ4n) is 3.96. The number of ether oxygens (including phenoxy) is 1. The van der Waals surface area contributed by atoms with E-state index in [4.69, 9.17) is 20.9 Å². The van der Waals surface area contributed by atoms with Crippen molar-refractivity contribution in [2.45, 2.75) is 25.4 Å². The summed E-state index contributed by atoms with van der Waals surface area (Å²) in [7, 11) is -0.115. The Morgan fingerprint density at radius 1 is 1.07 bits per heavy atom. The molecule has 0 unspecified atom stereocenters. The van der Waals surface area contributed by atoms with Crippen LogP contribution in [-0.2, 0) is 34.2 Å². The van der Waals surface area contributed by atoms with Crippen LogP contribution < -0.4 is 16.0 Å². The van der Waals surface area contributed by atoms with Gasteiger partial charge in [-0.15, -0.1) is 0 Å². The quantitative estimate of drug-likeness (QED) is 0.145. The number of fused-ring (bicyclic) bond motifs is 1. The number of hydrogen-bond acceptors (Lipinski definition) is 9. The molecule has 3 rings (SSSR count). The minimum absolute atomic E-state index is 0.0646. The number of pyridine rings is 1. The van der Waals surface area contributed by atoms with E-state index in [1.165, 1.54) is 48.5 Å². The monoisotopic (exact) mass is 671 g/mol. The van der Waals surface area contributed by atoms with E-state index in [2.05, 4.69) is 30.0 Å². The molecule has 0 saturated carbocycles. The molecule has 4 amide bonds. The first-order valence-corrected chi connectivity index (χ1v) is 15.3. The van der Waals surface area contributed by atoms with Crippen molar-refractivity contribution < 1.29 is 46.0 Å². The summed E-state index contributed by atoms with van der Waals surface area (Å²) in [4.78, 5) is 43.1. The summed E-state index contributed by atoms with van der Waals surface area (Å²) in [6.07, 6.45) is 1.20. The highest BCUT2D eigenvalue weighted by Gasteiger charge is 2.25. The molecular weight excluding hydrogens is 639 g/mol. The van der Waals surface area contributed by atoms with Crippen LogP contribution in [-0.4, -0.2) is 75.0 Å². The standard InChI is InChI=1S/C28H33ClF2N5O8P/c1-36(27(38)34-15-19-6-4-8-23(31)26(19)29)22(7-5-11-32-25(37)17-44-45(40,41-2)42-3)16-43-28(39)35-24-13-20-12-21(30)10-9-18(20)14-33-24/h4,6,8-10,12-14,22H,5,7,11,15-17H2,1-3H3,(H,32,37)(H,34,38)(H,33,35,39)/t22-/m0/s1. The second kappa shape index (κ2) is 17.0. The molecule has 0 aliphatic carbocycles. The molecule has 3 N–H and O–H groups in total. The minimum Gasteiger partial charge on any atom is -0.447 e. The summed E-state index contributed by atoms with van der Waals surface area (Å²) in [6.45, 7) is -0.751. The van der Waals surface area contributed by atoms with Gasteiger partial charge in [0.05, 0.1) is 11.1 Å². The third kappa shape index (κ3) is 10.9. The normalized spacial score (nSPS) is 12.0. The van der Waals surface area contributed by atoms with Gasteiger partial charge in [-0.2, -0.15) is 0 Å². The third-order valence-electron chi connectivity index (χ3n) is 6.49. The predicted molar refractivity (Wildman–Crippen MR) is 162 cm³/mol. The maximum Gasteiger partial charge on any atom is 0.474 e. The maximum absolute atomic E-state index is 13.8.